The van der Waals surface area contributed by atoms with Crippen LogP contribution in [0, 0.1) is 19.3 Å². The number of likely N-dealkylation sites (tertiary alicyclic amines) is 2. The van der Waals surface area contributed by atoms with Gasteiger partial charge in [-0.3, -0.25) is 9.69 Å². The molecular formula is C19H27N5O2. The molecule has 2 saturated heterocycles. The zero-order chi connectivity index (χ0) is 18.3. The third-order valence-corrected chi connectivity index (χ3v) is 6.14. The van der Waals surface area contributed by atoms with Crippen LogP contribution in [0.1, 0.15) is 42.1 Å². The zero-order valence-electron chi connectivity index (χ0n) is 15.9. The maximum absolute atomic E-state index is 12.6. The summed E-state index contributed by atoms with van der Waals surface area (Å²) in [6.45, 7) is 8.28. The highest BCUT2D eigenvalue weighted by Gasteiger charge is 2.45. The molecular weight excluding hydrogens is 330 g/mol. The van der Waals surface area contributed by atoms with Crippen LogP contribution >= 0.6 is 0 Å². The monoisotopic (exact) mass is 357 g/mol. The summed E-state index contributed by atoms with van der Waals surface area (Å²) in [5.74, 6) is 2.19. The molecule has 0 unspecified atom stereocenters. The average Bonchev–Trinajstić information content (AvgIpc) is 3.25. The standard InChI is InChI=1S/C19H27N5O2/c1-14-16(15(2)26-21-14)11-24-13-19(10-18(24)25)4-7-23(8-5-19)12-17-20-6-9-22(17)3/h6,9H,4-5,7-8,10-13H2,1-3H3. The number of rotatable bonds is 4. The van der Waals surface area contributed by atoms with E-state index in [4.69, 9.17) is 4.52 Å². The number of carbonyl (C=O) groups excluding carboxylic acids is 1. The van der Waals surface area contributed by atoms with Crippen molar-refractivity contribution in [2.75, 3.05) is 19.6 Å². The summed E-state index contributed by atoms with van der Waals surface area (Å²) in [4.78, 5) is 21.5. The van der Waals surface area contributed by atoms with E-state index in [9.17, 15) is 4.79 Å². The molecule has 4 heterocycles. The molecule has 2 aliphatic heterocycles. The first-order valence-electron chi connectivity index (χ1n) is 9.34. The van der Waals surface area contributed by atoms with Crippen LogP contribution in [-0.4, -0.2) is 50.0 Å². The molecule has 1 spiro atoms. The molecule has 4 rings (SSSR count). The average molecular weight is 357 g/mol. The SMILES string of the molecule is Cc1noc(C)c1CN1CC2(CCN(Cc3nccn3C)CC2)CC1=O. The molecule has 7 heteroatoms. The van der Waals surface area contributed by atoms with Crippen LogP contribution in [-0.2, 0) is 24.9 Å². The van der Waals surface area contributed by atoms with E-state index in [2.05, 4.69) is 19.6 Å². The number of aromatic nitrogens is 3. The van der Waals surface area contributed by atoms with Gasteiger partial charge in [0.15, 0.2) is 0 Å². The normalized spacial score (nSPS) is 20.4. The molecule has 0 aliphatic carbocycles. The van der Waals surface area contributed by atoms with Crippen molar-refractivity contribution in [3.63, 3.8) is 0 Å². The minimum atomic E-state index is 0.133. The van der Waals surface area contributed by atoms with Crippen molar-refractivity contribution in [3.8, 4) is 0 Å². The van der Waals surface area contributed by atoms with Crippen LogP contribution in [0.2, 0.25) is 0 Å². The molecule has 7 nitrogen and oxygen atoms in total. The molecule has 2 aromatic heterocycles. The Bertz CT molecular complexity index is 781. The number of nitrogens with zero attached hydrogens (tertiary/aromatic N) is 5. The minimum Gasteiger partial charge on any atom is -0.361 e. The van der Waals surface area contributed by atoms with Crippen LogP contribution < -0.4 is 0 Å². The fourth-order valence-electron chi connectivity index (χ4n) is 4.31. The second-order valence-electron chi connectivity index (χ2n) is 7.96. The Labute approximate surface area is 154 Å². The topological polar surface area (TPSA) is 67.4 Å². The van der Waals surface area contributed by atoms with Gasteiger partial charge in [-0.25, -0.2) is 4.98 Å². The number of imidazole rings is 1. The van der Waals surface area contributed by atoms with E-state index >= 15 is 0 Å². The Balaban J connectivity index is 1.37. The summed E-state index contributed by atoms with van der Waals surface area (Å²) >= 11 is 0. The Kier molecular flexibility index (Phi) is 4.34. The predicted molar refractivity (Wildman–Crippen MR) is 96.2 cm³/mol. The fraction of sp³-hybridized carbons (Fsp3) is 0.632. The largest absolute Gasteiger partial charge is 0.361 e. The third-order valence-electron chi connectivity index (χ3n) is 6.14. The number of amides is 1. The summed E-state index contributed by atoms with van der Waals surface area (Å²) in [7, 11) is 2.04. The van der Waals surface area contributed by atoms with Gasteiger partial charge in [0.2, 0.25) is 5.91 Å². The molecule has 1 amide bonds. The maximum atomic E-state index is 12.6. The lowest BCUT2D eigenvalue weighted by atomic mass is 9.77. The molecule has 2 aromatic rings. The summed E-state index contributed by atoms with van der Waals surface area (Å²) in [5, 5.41) is 4.01. The summed E-state index contributed by atoms with van der Waals surface area (Å²) in [6, 6.07) is 0. The number of piperidine rings is 1. The Hall–Kier alpha value is -2.15. The lowest BCUT2D eigenvalue weighted by Gasteiger charge is -2.38. The van der Waals surface area contributed by atoms with Gasteiger partial charge >= 0.3 is 0 Å². The van der Waals surface area contributed by atoms with Gasteiger partial charge in [-0.1, -0.05) is 5.16 Å². The maximum Gasteiger partial charge on any atom is 0.223 e. The van der Waals surface area contributed by atoms with Gasteiger partial charge in [-0.05, 0) is 45.2 Å². The molecule has 0 bridgehead atoms. The first-order chi connectivity index (χ1) is 12.5. The van der Waals surface area contributed by atoms with Crippen molar-refractivity contribution in [3.05, 3.63) is 35.2 Å². The molecule has 0 N–H and O–H groups in total. The van der Waals surface area contributed by atoms with Crippen LogP contribution in [0.3, 0.4) is 0 Å². The van der Waals surface area contributed by atoms with Gasteiger partial charge in [-0.15, -0.1) is 0 Å². The number of hydrogen-bond acceptors (Lipinski definition) is 5. The molecule has 26 heavy (non-hydrogen) atoms. The van der Waals surface area contributed by atoms with Crippen molar-refractivity contribution < 1.29 is 9.32 Å². The first-order valence-corrected chi connectivity index (χ1v) is 9.34. The van der Waals surface area contributed by atoms with Crippen LogP contribution in [0.5, 0.6) is 0 Å². The molecule has 0 radical (unpaired) electrons. The second-order valence-corrected chi connectivity index (χ2v) is 7.96. The summed E-state index contributed by atoms with van der Waals surface area (Å²) in [6.07, 6.45) is 6.65. The second kappa shape index (κ2) is 6.54. The minimum absolute atomic E-state index is 0.133. The lowest BCUT2D eigenvalue weighted by Crippen LogP contribution is -2.41. The van der Waals surface area contributed by atoms with Crippen LogP contribution in [0.15, 0.2) is 16.9 Å². The molecule has 2 fully saturated rings. The van der Waals surface area contributed by atoms with Crippen molar-refractivity contribution in [1.82, 2.24) is 24.5 Å². The summed E-state index contributed by atoms with van der Waals surface area (Å²) in [5.41, 5.74) is 2.08. The Morgan fingerprint density at radius 3 is 2.62 bits per heavy atom. The molecule has 140 valence electrons. The van der Waals surface area contributed by atoms with Gasteiger partial charge < -0.3 is 14.0 Å². The smallest absolute Gasteiger partial charge is 0.223 e. The highest BCUT2D eigenvalue weighted by molar-refractivity contribution is 5.79. The van der Waals surface area contributed by atoms with Gasteiger partial charge in [0.25, 0.3) is 0 Å². The fourth-order valence-corrected chi connectivity index (χ4v) is 4.31. The number of hydrogen-bond donors (Lipinski definition) is 0. The zero-order valence-corrected chi connectivity index (χ0v) is 15.9. The van der Waals surface area contributed by atoms with E-state index in [0.29, 0.717) is 13.0 Å². The van der Waals surface area contributed by atoms with Gasteiger partial charge in [-0.2, -0.15) is 0 Å². The van der Waals surface area contributed by atoms with Gasteiger partial charge in [0, 0.05) is 38.0 Å². The van der Waals surface area contributed by atoms with Gasteiger partial charge in [0.1, 0.15) is 11.6 Å². The van der Waals surface area contributed by atoms with Crippen molar-refractivity contribution in [1.29, 1.82) is 0 Å². The van der Waals surface area contributed by atoms with E-state index < -0.39 is 0 Å². The third kappa shape index (κ3) is 3.16. The van der Waals surface area contributed by atoms with E-state index in [1.54, 1.807) is 0 Å². The van der Waals surface area contributed by atoms with Crippen molar-refractivity contribution in [2.45, 2.75) is 46.2 Å². The van der Waals surface area contributed by atoms with E-state index in [1.807, 2.05) is 38.2 Å². The lowest BCUT2D eigenvalue weighted by molar-refractivity contribution is -0.128. The number of carbonyl (C=O) groups is 1. The molecule has 0 saturated carbocycles. The highest BCUT2D eigenvalue weighted by Crippen LogP contribution is 2.41. The van der Waals surface area contributed by atoms with Crippen molar-refractivity contribution >= 4 is 5.91 Å². The quantitative estimate of drug-likeness (QED) is 0.838. The highest BCUT2D eigenvalue weighted by atomic mass is 16.5. The Morgan fingerprint density at radius 2 is 2.00 bits per heavy atom. The molecule has 0 aromatic carbocycles. The molecule has 2 aliphatic rings. The van der Waals surface area contributed by atoms with Gasteiger partial charge in [0.05, 0.1) is 18.8 Å². The summed E-state index contributed by atoms with van der Waals surface area (Å²) < 4.78 is 7.33. The Morgan fingerprint density at radius 1 is 1.23 bits per heavy atom. The first kappa shape index (κ1) is 17.3. The van der Waals surface area contributed by atoms with Crippen LogP contribution in [0.4, 0.5) is 0 Å². The molecule has 0 atom stereocenters. The van der Waals surface area contributed by atoms with E-state index in [1.165, 1.54) is 0 Å². The number of aryl methyl sites for hydroxylation is 3. The van der Waals surface area contributed by atoms with E-state index in [-0.39, 0.29) is 11.3 Å². The predicted octanol–water partition coefficient (Wildman–Crippen LogP) is 2.04. The van der Waals surface area contributed by atoms with E-state index in [0.717, 1.165) is 61.9 Å². The van der Waals surface area contributed by atoms with Crippen molar-refractivity contribution in [2.24, 2.45) is 12.5 Å². The van der Waals surface area contributed by atoms with Crippen LogP contribution in [0.25, 0.3) is 0 Å².